The van der Waals surface area contributed by atoms with Crippen LogP contribution in [0.2, 0.25) is 0 Å². The van der Waals surface area contributed by atoms with Crippen molar-refractivity contribution in [1.29, 1.82) is 0 Å². The van der Waals surface area contributed by atoms with Gasteiger partial charge in [-0.1, -0.05) is 18.2 Å². The van der Waals surface area contributed by atoms with Crippen LogP contribution in [0, 0.1) is 6.92 Å². The van der Waals surface area contributed by atoms with Crippen molar-refractivity contribution in [2.75, 3.05) is 0 Å². The molecule has 0 saturated heterocycles. The van der Waals surface area contributed by atoms with E-state index >= 15 is 0 Å². The standard InChI is InChI=1S/C12H17NO/c1-4-7-12(3,13)10-5-6-11(14)9(2)8-10/h4-6,8,14H,1,7,13H2,2-3H3/t12-/m0/s1. The Balaban J connectivity index is 3.07. The van der Waals surface area contributed by atoms with Gasteiger partial charge in [0.15, 0.2) is 0 Å². The van der Waals surface area contributed by atoms with Crippen LogP contribution in [0.5, 0.6) is 5.75 Å². The average Bonchev–Trinajstić information content (AvgIpc) is 2.09. The fourth-order valence-electron chi connectivity index (χ4n) is 1.43. The van der Waals surface area contributed by atoms with Crippen LogP contribution in [0.25, 0.3) is 0 Å². The van der Waals surface area contributed by atoms with Crippen molar-refractivity contribution < 1.29 is 5.11 Å². The van der Waals surface area contributed by atoms with Gasteiger partial charge >= 0.3 is 0 Å². The zero-order valence-corrected chi connectivity index (χ0v) is 8.75. The highest BCUT2D eigenvalue weighted by Crippen LogP contribution is 2.26. The number of phenolic OH excluding ortho intramolecular Hbond substituents is 1. The first-order valence-electron chi connectivity index (χ1n) is 4.67. The van der Waals surface area contributed by atoms with Gasteiger partial charge in [0, 0.05) is 5.54 Å². The molecule has 0 bridgehead atoms. The molecule has 0 saturated carbocycles. The predicted molar refractivity (Wildman–Crippen MR) is 59.2 cm³/mol. The first-order chi connectivity index (χ1) is 6.47. The summed E-state index contributed by atoms with van der Waals surface area (Å²) in [6, 6.07) is 5.45. The number of phenols is 1. The summed E-state index contributed by atoms with van der Waals surface area (Å²) in [6.07, 6.45) is 2.53. The number of hydrogen-bond donors (Lipinski definition) is 2. The Morgan fingerprint density at radius 3 is 2.71 bits per heavy atom. The van der Waals surface area contributed by atoms with E-state index in [4.69, 9.17) is 5.73 Å². The van der Waals surface area contributed by atoms with E-state index in [-0.39, 0.29) is 0 Å². The monoisotopic (exact) mass is 191 g/mol. The molecule has 2 heteroatoms. The van der Waals surface area contributed by atoms with E-state index in [0.717, 1.165) is 17.5 Å². The van der Waals surface area contributed by atoms with Gasteiger partial charge in [-0.25, -0.2) is 0 Å². The van der Waals surface area contributed by atoms with Crippen molar-refractivity contribution >= 4 is 0 Å². The molecular formula is C12H17NO. The number of aryl methyl sites for hydroxylation is 1. The topological polar surface area (TPSA) is 46.2 Å². The first-order valence-corrected chi connectivity index (χ1v) is 4.67. The molecule has 1 rings (SSSR count). The minimum Gasteiger partial charge on any atom is -0.508 e. The van der Waals surface area contributed by atoms with Gasteiger partial charge in [-0.05, 0) is 37.5 Å². The second-order valence-electron chi connectivity index (χ2n) is 3.91. The van der Waals surface area contributed by atoms with E-state index in [1.807, 2.05) is 32.1 Å². The van der Waals surface area contributed by atoms with Crippen LogP contribution < -0.4 is 5.73 Å². The Kier molecular flexibility index (Phi) is 2.96. The molecule has 0 aliphatic rings. The molecule has 76 valence electrons. The lowest BCUT2D eigenvalue weighted by molar-refractivity contribution is 0.466. The normalized spacial score (nSPS) is 14.8. The lowest BCUT2D eigenvalue weighted by Gasteiger charge is -2.24. The summed E-state index contributed by atoms with van der Waals surface area (Å²) in [5.41, 5.74) is 7.58. The number of nitrogens with two attached hydrogens (primary N) is 1. The van der Waals surface area contributed by atoms with E-state index in [9.17, 15) is 5.11 Å². The van der Waals surface area contributed by atoms with Crippen LogP contribution in [0.4, 0.5) is 0 Å². The van der Waals surface area contributed by atoms with Crippen molar-refractivity contribution in [3.05, 3.63) is 42.0 Å². The van der Waals surface area contributed by atoms with Crippen molar-refractivity contribution in [1.82, 2.24) is 0 Å². The van der Waals surface area contributed by atoms with Crippen molar-refractivity contribution in [2.24, 2.45) is 5.73 Å². The molecule has 0 heterocycles. The summed E-state index contributed by atoms with van der Waals surface area (Å²) in [5, 5.41) is 9.38. The maximum absolute atomic E-state index is 9.38. The fraction of sp³-hybridized carbons (Fsp3) is 0.333. The highest BCUT2D eigenvalue weighted by molar-refractivity contribution is 5.37. The van der Waals surface area contributed by atoms with Gasteiger partial charge in [-0.3, -0.25) is 0 Å². The van der Waals surface area contributed by atoms with E-state index in [0.29, 0.717) is 5.75 Å². The second-order valence-corrected chi connectivity index (χ2v) is 3.91. The van der Waals surface area contributed by atoms with Crippen LogP contribution in [-0.4, -0.2) is 5.11 Å². The predicted octanol–water partition coefficient (Wildman–Crippen LogP) is 2.45. The Bertz CT molecular complexity index is 342. The van der Waals surface area contributed by atoms with Gasteiger partial charge in [0.1, 0.15) is 5.75 Å². The highest BCUT2D eigenvalue weighted by atomic mass is 16.3. The van der Waals surface area contributed by atoms with Gasteiger partial charge in [-0.2, -0.15) is 0 Å². The van der Waals surface area contributed by atoms with Crippen LogP contribution in [-0.2, 0) is 5.54 Å². The second kappa shape index (κ2) is 3.84. The minimum absolute atomic E-state index is 0.308. The minimum atomic E-state index is -0.403. The molecule has 0 amide bonds. The molecule has 0 fully saturated rings. The lowest BCUT2D eigenvalue weighted by Crippen LogP contribution is -2.32. The maximum Gasteiger partial charge on any atom is 0.118 e. The lowest BCUT2D eigenvalue weighted by atomic mass is 9.89. The van der Waals surface area contributed by atoms with Crippen LogP contribution in [0.15, 0.2) is 30.9 Å². The van der Waals surface area contributed by atoms with E-state index in [1.165, 1.54) is 0 Å². The molecule has 2 nitrogen and oxygen atoms in total. The molecule has 14 heavy (non-hydrogen) atoms. The van der Waals surface area contributed by atoms with Gasteiger partial charge < -0.3 is 10.8 Å². The largest absolute Gasteiger partial charge is 0.508 e. The van der Waals surface area contributed by atoms with Crippen molar-refractivity contribution in [2.45, 2.75) is 25.8 Å². The van der Waals surface area contributed by atoms with Crippen LogP contribution >= 0.6 is 0 Å². The Morgan fingerprint density at radius 1 is 1.57 bits per heavy atom. The summed E-state index contributed by atoms with van der Waals surface area (Å²) in [7, 11) is 0. The van der Waals surface area contributed by atoms with E-state index < -0.39 is 5.54 Å². The molecule has 1 aromatic carbocycles. The quantitative estimate of drug-likeness (QED) is 0.721. The van der Waals surface area contributed by atoms with E-state index in [1.54, 1.807) is 6.07 Å². The zero-order chi connectivity index (χ0) is 10.8. The number of rotatable bonds is 3. The Morgan fingerprint density at radius 2 is 2.21 bits per heavy atom. The SMILES string of the molecule is C=CC[C@](C)(N)c1ccc(O)c(C)c1. The summed E-state index contributed by atoms with van der Waals surface area (Å²) in [4.78, 5) is 0. The molecule has 0 aliphatic heterocycles. The smallest absolute Gasteiger partial charge is 0.118 e. The number of aromatic hydroxyl groups is 1. The summed E-state index contributed by atoms with van der Waals surface area (Å²) in [5.74, 6) is 0.308. The molecular weight excluding hydrogens is 174 g/mol. The Hall–Kier alpha value is -1.28. The zero-order valence-electron chi connectivity index (χ0n) is 8.75. The van der Waals surface area contributed by atoms with Gasteiger partial charge in [0.2, 0.25) is 0 Å². The van der Waals surface area contributed by atoms with Crippen molar-refractivity contribution in [3.63, 3.8) is 0 Å². The van der Waals surface area contributed by atoms with Crippen molar-refractivity contribution in [3.8, 4) is 5.75 Å². The molecule has 0 aliphatic carbocycles. The molecule has 0 radical (unpaired) electrons. The summed E-state index contributed by atoms with van der Waals surface area (Å²) < 4.78 is 0. The third kappa shape index (κ3) is 2.15. The van der Waals surface area contributed by atoms with Gasteiger partial charge in [0.25, 0.3) is 0 Å². The van der Waals surface area contributed by atoms with E-state index in [2.05, 4.69) is 6.58 Å². The average molecular weight is 191 g/mol. The first kappa shape index (κ1) is 10.8. The third-order valence-electron chi connectivity index (χ3n) is 2.42. The fourth-order valence-corrected chi connectivity index (χ4v) is 1.43. The van der Waals surface area contributed by atoms with Crippen LogP contribution in [0.1, 0.15) is 24.5 Å². The molecule has 3 N–H and O–H groups in total. The van der Waals surface area contributed by atoms with Gasteiger partial charge in [0.05, 0.1) is 0 Å². The molecule has 1 atom stereocenters. The molecule has 0 spiro atoms. The number of hydrogen-bond acceptors (Lipinski definition) is 2. The molecule has 0 aromatic heterocycles. The van der Waals surface area contributed by atoms with Gasteiger partial charge in [-0.15, -0.1) is 6.58 Å². The van der Waals surface area contributed by atoms with Crippen LogP contribution in [0.3, 0.4) is 0 Å². The highest BCUT2D eigenvalue weighted by Gasteiger charge is 2.19. The molecule has 1 aromatic rings. The number of benzene rings is 1. The maximum atomic E-state index is 9.38. The molecule has 0 unspecified atom stereocenters. The summed E-state index contributed by atoms with van der Waals surface area (Å²) in [6.45, 7) is 7.50. The third-order valence-corrected chi connectivity index (χ3v) is 2.42. The Labute approximate surface area is 85.1 Å². The summed E-state index contributed by atoms with van der Waals surface area (Å²) >= 11 is 0.